The van der Waals surface area contributed by atoms with Crippen LogP contribution in [0.2, 0.25) is 0 Å². The normalized spacial score (nSPS) is 22.4. The molecule has 1 heterocycles. The van der Waals surface area contributed by atoms with Gasteiger partial charge in [0.2, 0.25) is 11.8 Å². The van der Waals surface area contributed by atoms with Crippen molar-refractivity contribution in [1.29, 1.82) is 0 Å². The van der Waals surface area contributed by atoms with Crippen molar-refractivity contribution in [3.05, 3.63) is 0 Å². The molecule has 27 heavy (non-hydrogen) atoms. The molecule has 7 nitrogen and oxygen atoms in total. The predicted molar refractivity (Wildman–Crippen MR) is 109 cm³/mol. The topological polar surface area (TPSA) is 77.0 Å². The maximum Gasteiger partial charge on any atom is 0.243 e. The van der Waals surface area contributed by atoms with E-state index in [9.17, 15) is 9.59 Å². The lowest BCUT2D eigenvalue weighted by atomic mass is 9.88. The monoisotopic (exact) mass is 379 g/mol. The molecule has 154 valence electrons. The van der Waals surface area contributed by atoms with Crippen LogP contribution in [-0.4, -0.2) is 73.4 Å². The lowest BCUT2D eigenvalue weighted by molar-refractivity contribution is -0.135. The van der Waals surface area contributed by atoms with Gasteiger partial charge in [0.05, 0.1) is 0 Å². The minimum atomic E-state index is -0.0271. The predicted octanol–water partition coefficient (Wildman–Crippen LogP) is 1.59. The van der Waals surface area contributed by atoms with Crippen molar-refractivity contribution in [2.75, 3.05) is 33.7 Å². The minimum absolute atomic E-state index is 0.0271. The molecular formula is C20H37N5O2. The number of nitrogens with zero attached hydrogens (tertiary/aromatic N) is 3. The number of likely N-dealkylation sites (tertiary alicyclic amines) is 1. The van der Waals surface area contributed by atoms with Crippen LogP contribution in [0.4, 0.5) is 0 Å². The molecule has 1 aliphatic carbocycles. The summed E-state index contributed by atoms with van der Waals surface area (Å²) in [4.78, 5) is 32.6. The Kier molecular flexibility index (Phi) is 8.38. The number of carbonyl (C=O) groups excluding carboxylic acids is 2. The third kappa shape index (κ3) is 6.70. The summed E-state index contributed by atoms with van der Waals surface area (Å²) >= 11 is 0. The molecule has 0 aromatic carbocycles. The number of nitrogens with one attached hydrogen (secondary N) is 2. The van der Waals surface area contributed by atoms with E-state index in [1.54, 1.807) is 19.0 Å². The summed E-state index contributed by atoms with van der Waals surface area (Å²) < 4.78 is 0. The van der Waals surface area contributed by atoms with Crippen molar-refractivity contribution < 1.29 is 9.59 Å². The second-order valence-corrected chi connectivity index (χ2v) is 8.16. The maximum absolute atomic E-state index is 12.7. The van der Waals surface area contributed by atoms with Gasteiger partial charge in [0.25, 0.3) is 0 Å². The first-order valence-corrected chi connectivity index (χ1v) is 10.5. The van der Waals surface area contributed by atoms with Gasteiger partial charge in [-0.15, -0.1) is 0 Å². The van der Waals surface area contributed by atoms with Crippen molar-refractivity contribution in [1.82, 2.24) is 20.4 Å². The number of aliphatic imine (C=N–C) groups is 1. The van der Waals surface area contributed by atoms with E-state index in [4.69, 9.17) is 0 Å². The second-order valence-electron chi connectivity index (χ2n) is 8.16. The Morgan fingerprint density at radius 1 is 1.19 bits per heavy atom. The second kappa shape index (κ2) is 10.5. The van der Waals surface area contributed by atoms with E-state index in [-0.39, 0.29) is 30.5 Å². The average Bonchev–Trinajstić information content (AvgIpc) is 3.14. The average molecular weight is 380 g/mol. The molecule has 1 saturated heterocycles. The molecule has 0 spiro atoms. The summed E-state index contributed by atoms with van der Waals surface area (Å²) in [6.45, 7) is 5.85. The van der Waals surface area contributed by atoms with E-state index in [0.29, 0.717) is 11.9 Å². The van der Waals surface area contributed by atoms with E-state index in [1.165, 1.54) is 19.3 Å². The van der Waals surface area contributed by atoms with Crippen molar-refractivity contribution in [3.8, 4) is 0 Å². The Morgan fingerprint density at radius 2 is 1.89 bits per heavy atom. The zero-order chi connectivity index (χ0) is 19.8. The molecule has 2 aliphatic rings. The largest absolute Gasteiger partial charge is 0.354 e. The number of hydrogen-bond donors (Lipinski definition) is 2. The fourth-order valence-electron chi connectivity index (χ4n) is 3.64. The number of carbonyl (C=O) groups is 2. The molecular weight excluding hydrogens is 342 g/mol. The van der Waals surface area contributed by atoms with Crippen LogP contribution < -0.4 is 10.6 Å². The lowest BCUT2D eigenvalue weighted by Gasteiger charge is -2.26. The van der Waals surface area contributed by atoms with Crippen LogP contribution in [0.5, 0.6) is 0 Å². The highest BCUT2D eigenvalue weighted by Crippen LogP contribution is 2.26. The highest BCUT2D eigenvalue weighted by atomic mass is 16.2. The summed E-state index contributed by atoms with van der Waals surface area (Å²) in [7, 11) is 3.47. The van der Waals surface area contributed by atoms with Crippen molar-refractivity contribution >= 4 is 17.8 Å². The van der Waals surface area contributed by atoms with Gasteiger partial charge in [-0.3, -0.25) is 9.59 Å². The molecule has 2 fully saturated rings. The molecule has 2 amide bonds. The van der Waals surface area contributed by atoms with Gasteiger partial charge >= 0.3 is 0 Å². The Hall–Kier alpha value is -1.79. The lowest BCUT2D eigenvalue weighted by Crippen LogP contribution is -2.48. The molecule has 2 N–H and O–H groups in total. The van der Waals surface area contributed by atoms with E-state index >= 15 is 0 Å². The third-order valence-electron chi connectivity index (χ3n) is 5.66. The van der Waals surface area contributed by atoms with Gasteiger partial charge in [-0.05, 0) is 32.6 Å². The summed E-state index contributed by atoms with van der Waals surface area (Å²) in [5, 5.41) is 6.80. The van der Waals surface area contributed by atoms with Gasteiger partial charge in [0.15, 0.2) is 5.96 Å². The molecule has 2 atom stereocenters. The summed E-state index contributed by atoms with van der Waals surface area (Å²) in [6, 6.07) is 0.453. The van der Waals surface area contributed by atoms with Gasteiger partial charge in [-0.1, -0.05) is 26.2 Å². The van der Waals surface area contributed by atoms with Gasteiger partial charge in [-0.2, -0.15) is 0 Å². The minimum Gasteiger partial charge on any atom is -0.354 e. The van der Waals surface area contributed by atoms with E-state index in [1.807, 2.05) is 4.90 Å². The van der Waals surface area contributed by atoms with E-state index in [2.05, 4.69) is 29.5 Å². The number of rotatable bonds is 6. The number of amides is 2. The van der Waals surface area contributed by atoms with Gasteiger partial charge in [0.1, 0.15) is 6.54 Å². The molecule has 2 rings (SSSR count). The van der Waals surface area contributed by atoms with Crippen LogP contribution in [-0.2, 0) is 9.59 Å². The first-order valence-electron chi connectivity index (χ1n) is 10.5. The third-order valence-corrected chi connectivity index (χ3v) is 5.66. The fourth-order valence-corrected chi connectivity index (χ4v) is 3.64. The molecule has 0 bridgehead atoms. The zero-order valence-electron chi connectivity index (χ0n) is 17.5. The van der Waals surface area contributed by atoms with Crippen LogP contribution in [0.25, 0.3) is 0 Å². The first-order chi connectivity index (χ1) is 12.9. The zero-order valence-corrected chi connectivity index (χ0v) is 17.5. The maximum atomic E-state index is 12.7. The standard InChI is InChI=1S/C20H37N5O2/c1-5-15(2)22-20(21-13-18(26)24(3)4)23-17-11-12-25(14-17)19(27)16-9-7-6-8-10-16/h15-17H,5-14H2,1-4H3,(H2,21,22,23). The molecule has 0 aromatic rings. The summed E-state index contributed by atoms with van der Waals surface area (Å²) in [5.41, 5.74) is 0. The fraction of sp³-hybridized carbons (Fsp3) is 0.850. The smallest absolute Gasteiger partial charge is 0.243 e. The van der Waals surface area contributed by atoms with Crippen LogP contribution in [0.3, 0.4) is 0 Å². The first kappa shape index (κ1) is 21.5. The molecule has 0 radical (unpaired) electrons. The Bertz CT molecular complexity index is 528. The van der Waals surface area contributed by atoms with E-state index in [0.717, 1.165) is 38.8 Å². The molecule has 1 saturated carbocycles. The summed E-state index contributed by atoms with van der Waals surface area (Å²) in [5.74, 6) is 1.19. The number of likely N-dealkylation sites (N-methyl/N-ethyl adjacent to an activating group) is 1. The molecule has 7 heteroatoms. The molecule has 2 unspecified atom stereocenters. The van der Waals surface area contributed by atoms with E-state index < -0.39 is 0 Å². The van der Waals surface area contributed by atoms with Crippen LogP contribution in [0, 0.1) is 5.92 Å². The van der Waals surface area contributed by atoms with Gasteiger partial charge in [-0.25, -0.2) is 4.99 Å². The highest BCUT2D eigenvalue weighted by molar-refractivity contribution is 5.85. The highest BCUT2D eigenvalue weighted by Gasteiger charge is 2.31. The van der Waals surface area contributed by atoms with Crippen LogP contribution >= 0.6 is 0 Å². The van der Waals surface area contributed by atoms with Crippen LogP contribution in [0.1, 0.15) is 58.8 Å². The number of hydrogen-bond acceptors (Lipinski definition) is 3. The van der Waals surface area contributed by atoms with Crippen molar-refractivity contribution in [2.45, 2.75) is 70.9 Å². The van der Waals surface area contributed by atoms with Gasteiger partial charge in [0, 0.05) is 45.2 Å². The Labute approximate surface area is 163 Å². The van der Waals surface area contributed by atoms with Crippen molar-refractivity contribution in [2.24, 2.45) is 10.9 Å². The Morgan fingerprint density at radius 3 is 2.52 bits per heavy atom. The number of guanidine groups is 1. The summed E-state index contributed by atoms with van der Waals surface area (Å²) in [6.07, 6.45) is 7.61. The molecule has 0 aromatic heterocycles. The van der Waals surface area contributed by atoms with Gasteiger partial charge < -0.3 is 20.4 Å². The Balaban J connectivity index is 1.91. The quantitative estimate of drug-likeness (QED) is 0.543. The molecule has 1 aliphatic heterocycles. The van der Waals surface area contributed by atoms with Crippen molar-refractivity contribution in [3.63, 3.8) is 0 Å². The van der Waals surface area contributed by atoms with Crippen LogP contribution in [0.15, 0.2) is 4.99 Å². The SMILES string of the molecule is CCC(C)NC(=NCC(=O)N(C)C)NC1CCN(C(=O)C2CCCCC2)C1.